The lowest BCUT2D eigenvalue weighted by Crippen LogP contribution is -2.42. The Kier molecular flexibility index (Phi) is 8.47. The Balaban J connectivity index is 1.40. The van der Waals surface area contributed by atoms with Gasteiger partial charge >= 0.3 is 5.97 Å². The van der Waals surface area contributed by atoms with Crippen molar-refractivity contribution >= 4 is 29.7 Å². The third-order valence-electron chi connectivity index (χ3n) is 4.69. The highest BCUT2D eigenvalue weighted by Crippen LogP contribution is 2.09. The SMILES string of the molecule is Cc1ccc(NC(=O)COC(=O)c2ccc(/C=N/NC(=O)CN3CCOCC3)cc2)cc1. The van der Waals surface area contributed by atoms with Gasteiger partial charge in [0.2, 0.25) is 0 Å². The van der Waals surface area contributed by atoms with Crippen molar-refractivity contribution in [2.24, 2.45) is 5.10 Å². The minimum absolute atomic E-state index is 0.202. The molecule has 1 heterocycles. The lowest BCUT2D eigenvalue weighted by Gasteiger charge is -2.25. The molecule has 0 saturated carbocycles. The molecule has 9 nitrogen and oxygen atoms in total. The van der Waals surface area contributed by atoms with Crippen LogP contribution in [0, 0.1) is 6.92 Å². The standard InChI is InChI=1S/C23H26N4O5/c1-17-2-8-20(9-3-17)25-22(29)16-32-23(30)19-6-4-18(5-7-19)14-24-26-21(28)15-27-10-12-31-13-11-27/h2-9,14H,10-13,15-16H2,1H3,(H,25,29)(H,26,28)/b24-14+. The van der Waals surface area contributed by atoms with Crippen molar-refractivity contribution in [3.05, 3.63) is 65.2 Å². The van der Waals surface area contributed by atoms with Crippen LogP contribution in [0.3, 0.4) is 0 Å². The van der Waals surface area contributed by atoms with E-state index >= 15 is 0 Å². The number of nitrogens with zero attached hydrogens (tertiary/aromatic N) is 2. The summed E-state index contributed by atoms with van der Waals surface area (Å²) in [6, 6.07) is 13.8. The normalized spacial score (nSPS) is 14.2. The second kappa shape index (κ2) is 11.7. The molecule has 0 aromatic heterocycles. The van der Waals surface area contributed by atoms with Gasteiger partial charge in [-0.3, -0.25) is 14.5 Å². The molecule has 1 fully saturated rings. The molecule has 1 aliphatic heterocycles. The van der Waals surface area contributed by atoms with Gasteiger partial charge in [0, 0.05) is 18.8 Å². The van der Waals surface area contributed by atoms with E-state index in [9.17, 15) is 14.4 Å². The van der Waals surface area contributed by atoms with Gasteiger partial charge in [-0.25, -0.2) is 10.2 Å². The van der Waals surface area contributed by atoms with E-state index in [1.807, 2.05) is 24.0 Å². The molecular weight excluding hydrogens is 412 g/mol. The van der Waals surface area contributed by atoms with Gasteiger partial charge in [0.05, 0.1) is 31.5 Å². The number of amides is 2. The number of rotatable bonds is 8. The van der Waals surface area contributed by atoms with Crippen LogP contribution in [0.2, 0.25) is 0 Å². The monoisotopic (exact) mass is 438 g/mol. The molecule has 2 N–H and O–H groups in total. The molecule has 168 valence electrons. The van der Waals surface area contributed by atoms with Crippen molar-refractivity contribution in [1.82, 2.24) is 10.3 Å². The Morgan fingerprint density at radius 1 is 1.03 bits per heavy atom. The summed E-state index contributed by atoms with van der Waals surface area (Å²) in [6.07, 6.45) is 1.49. The summed E-state index contributed by atoms with van der Waals surface area (Å²) in [6.45, 7) is 4.54. The predicted molar refractivity (Wildman–Crippen MR) is 120 cm³/mol. The van der Waals surface area contributed by atoms with Crippen LogP contribution >= 0.6 is 0 Å². The zero-order valence-electron chi connectivity index (χ0n) is 17.9. The number of esters is 1. The van der Waals surface area contributed by atoms with Gasteiger partial charge < -0.3 is 14.8 Å². The van der Waals surface area contributed by atoms with Crippen molar-refractivity contribution in [3.63, 3.8) is 0 Å². The number of carbonyl (C=O) groups excluding carboxylic acids is 3. The quantitative estimate of drug-likeness (QED) is 0.368. The van der Waals surface area contributed by atoms with Crippen LogP contribution in [-0.2, 0) is 19.1 Å². The number of nitrogens with one attached hydrogen (secondary N) is 2. The minimum Gasteiger partial charge on any atom is -0.452 e. The number of carbonyl (C=O) groups is 3. The van der Waals surface area contributed by atoms with Gasteiger partial charge in [-0.05, 0) is 36.8 Å². The lowest BCUT2D eigenvalue weighted by molar-refractivity contribution is -0.123. The van der Waals surface area contributed by atoms with Gasteiger partial charge in [0.1, 0.15) is 0 Å². The summed E-state index contributed by atoms with van der Waals surface area (Å²) < 4.78 is 10.3. The predicted octanol–water partition coefficient (Wildman–Crippen LogP) is 1.57. The lowest BCUT2D eigenvalue weighted by atomic mass is 10.1. The molecule has 2 amide bonds. The number of anilines is 1. The third kappa shape index (κ3) is 7.60. The van der Waals surface area contributed by atoms with Crippen LogP contribution in [0.15, 0.2) is 53.6 Å². The van der Waals surface area contributed by atoms with Crippen LogP contribution in [0.4, 0.5) is 5.69 Å². The molecule has 1 saturated heterocycles. The first kappa shape index (κ1) is 23.1. The van der Waals surface area contributed by atoms with Gasteiger partial charge in [0.15, 0.2) is 6.61 Å². The highest BCUT2D eigenvalue weighted by atomic mass is 16.5. The summed E-state index contributed by atoms with van der Waals surface area (Å²) in [7, 11) is 0. The average Bonchev–Trinajstić information content (AvgIpc) is 2.80. The van der Waals surface area contributed by atoms with Crippen LogP contribution in [0.1, 0.15) is 21.5 Å². The van der Waals surface area contributed by atoms with E-state index in [-0.39, 0.29) is 19.1 Å². The number of hydrogen-bond acceptors (Lipinski definition) is 7. The largest absolute Gasteiger partial charge is 0.452 e. The molecule has 2 aromatic carbocycles. The first-order valence-electron chi connectivity index (χ1n) is 10.3. The molecule has 0 unspecified atom stereocenters. The molecule has 0 spiro atoms. The van der Waals surface area contributed by atoms with Gasteiger partial charge in [-0.2, -0.15) is 5.10 Å². The minimum atomic E-state index is -0.605. The first-order valence-corrected chi connectivity index (χ1v) is 10.3. The highest BCUT2D eigenvalue weighted by molar-refractivity contribution is 5.96. The maximum absolute atomic E-state index is 12.1. The molecule has 9 heteroatoms. The van der Waals surface area contributed by atoms with E-state index in [2.05, 4.69) is 15.8 Å². The highest BCUT2D eigenvalue weighted by Gasteiger charge is 2.13. The molecule has 2 aromatic rings. The molecular formula is C23H26N4O5. The number of benzene rings is 2. The second-order valence-corrected chi connectivity index (χ2v) is 7.29. The van der Waals surface area contributed by atoms with Crippen molar-refractivity contribution < 1.29 is 23.9 Å². The van der Waals surface area contributed by atoms with Gasteiger partial charge in [0.25, 0.3) is 11.8 Å². The molecule has 32 heavy (non-hydrogen) atoms. The summed E-state index contributed by atoms with van der Waals surface area (Å²) in [4.78, 5) is 38.0. The molecule has 0 atom stereocenters. The van der Waals surface area contributed by atoms with Gasteiger partial charge in [-0.15, -0.1) is 0 Å². The van der Waals surface area contributed by atoms with Crippen molar-refractivity contribution in [1.29, 1.82) is 0 Å². The summed E-state index contributed by atoms with van der Waals surface area (Å²) >= 11 is 0. The number of ether oxygens (including phenoxy) is 2. The molecule has 0 radical (unpaired) electrons. The zero-order chi connectivity index (χ0) is 22.8. The van der Waals surface area contributed by atoms with E-state index in [1.54, 1.807) is 36.4 Å². The van der Waals surface area contributed by atoms with Crippen LogP contribution < -0.4 is 10.7 Å². The molecule has 3 rings (SSSR count). The van der Waals surface area contributed by atoms with E-state index in [1.165, 1.54) is 6.21 Å². The van der Waals surface area contributed by atoms with Crippen LogP contribution in [0.5, 0.6) is 0 Å². The zero-order valence-corrected chi connectivity index (χ0v) is 17.9. The number of morpholine rings is 1. The molecule has 0 aliphatic carbocycles. The smallest absolute Gasteiger partial charge is 0.338 e. The van der Waals surface area contributed by atoms with Crippen LogP contribution in [0.25, 0.3) is 0 Å². The second-order valence-electron chi connectivity index (χ2n) is 7.29. The number of aryl methyl sites for hydroxylation is 1. The third-order valence-corrected chi connectivity index (χ3v) is 4.69. The molecule has 0 bridgehead atoms. The van der Waals surface area contributed by atoms with Crippen molar-refractivity contribution in [2.75, 3.05) is 44.8 Å². The Bertz CT molecular complexity index is 951. The average molecular weight is 438 g/mol. The molecule has 1 aliphatic rings. The van der Waals surface area contributed by atoms with E-state index in [0.29, 0.717) is 30.0 Å². The van der Waals surface area contributed by atoms with Crippen molar-refractivity contribution in [3.8, 4) is 0 Å². The van der Waals surface area contributed by atoms with Crippen LogP contribution in [-0.4, -0.2) is 68.4 Å². The van der Waals surface area contributed by atoms with E-state index in [0.717, 1.165) is 18.7 Å². The first-order chi connectivity index (χ1) is 15.5. The Hall–Kier alpha value is -3.56. The maximum Gasteiger partial charge on any atom is 0.338 e. The Labute approximate surface area is 186 Å². The topological polar surface area (TPSA) is 109 Å². The number of hydrogen-bond donors (Lipinski definition) is 2. The summed E-state index contributed by atoms with van der Waals surface area (Å²) in [5.41, 5.74) is 5.21. The summed E-state index contributed by atoms with van der Waals surface area (Å²) in [5.74, 6) is -1.22. The Morgan fingerprint density at radius 2 is 1.72 bits per heavy atom. The number of hydrazone groups is 1. The summed E-state index contributed by atoms with van der Waals surface area (Å²) in [5, 5.41) is 6.60. The van der Waals surface area contributed by atoms with E-state index in [4.69, 9.17) is 9.47 Å². The Morgan fingerprint density at radius 3 is 2.41 bits per heavy atom. The fourth-order valence-corrected chi connectivity index (χ4v) is 2.93. The maximum atomic E-state index is 12.1. The van der Waals surface area contributed by atoms with E-state index < -0.39 is 11.9 Å². The fourth-order valence-electron chi connectivity index (χ4n) is 2.93. The fraction of sp³-hybridized carbons (Fsp3) is 0.304. The van der Waals surface area contributed by atoms with Crippen molar-refractivity contribution in [2.45, 2.75) is 6.92 Å². The van der Waals surface area contributed by atoms with Gasteiger partial charge in [-0.1, -0.05) is 29.8 Å².